The van der Waals surface area contributed by atoms with Gasteiger partial charge in [0, 0.05) is 79.3 Å². The zero-order chi connectivity index (χ0) is 41.6. The van der Waals surface area contributed by atoms with Gasteiger partial charge in [-0.15, -0.1) is 0 Å². The van der Waals surface area contributed by atoms with E-state index in [-0.39, 0.29) is 5.91 Å². The molecular weight excluding hydrogens is 790 g/mol. The summed E-state index contributed by atoms with van der Waals surface area (Å²) in [6.07, 6.45) is 3.84. The second kappa shape index (κ2) is 16.6. The number of carbonyl (C=O) groups excluding carboxylic acids is 2. The SMILES string of the molecule is COC(=O)c1cc(N2CCCn3c(c(CCCOc4cc(C)c(Cl)c(C)c4)c4ccc(Cl)c(-c5c(C)nn(C)c5C)c43)C2=O)cc2c1ccn2COCC[Si](C)(C)C. The van der Waals surface area contributed by atoms with Gasteiger partial charge in [-0.2, -0.15) is 5.10 Å². The number of amides is 1. The second-order valence-electron chi connectivity index (χ2n) is 16.7. The maximum atomic E-state index is 15.3. The average Bonchev–Trinajstić information content (AvgIpc) is 3.76. The Morgan fingerprint density at radius 2 is 1.67 bits per heavy atom. The highest BCUT2D eigenvalue weighted by atomic mass is 35.5. The van der Waals surface area contributed by atoms with Crippen LogP contribution in [-0.2, 0) is 36.2 Å². The van der Waals surface area contributed by atoms with Gasteiger partial charge in [0.15, 0.2) is 0 Å². The number of aryl methyl sites for hydroxylation is 6. The van der Waals surface area contributed by atoms with Gasteiger partial charge in [-0.25, -0.2) is 4.79 Å². The van der Waals surface area contributed by atoms with E-state index in [1.807, 2.05) is 91.5 Å². The summed E-state index contributed by atoms with van der Waals surface area (Å²) in [4.78, 5) is 30.5. The molecule has 0 spiro atoms. The number of ether oxygens (including phenoxy) is 3. The molecule has 0 atom stereocenters. The predicted octanol–water partition coefficient (Wildman–Crippen LogP) is 10.7. The lowest BCUT2D eigenvalue weighted by molar-refractivity contribution is 0.0602. The molecule has 0 aliphatic carbocycles. The van der Waals surface area contributed by atoms with Crippen molar-refractivity contribution in [2.24, 2.45) is 7.05 Å². The van der Waals surface area contributed by atoms with Gasteiger partial charge in [0.1, 0.15) is 18.2 Å². The molecule has 0 saturated carbocycles. The Labute approximate surface area is 351 Å². The smallest absolute Gasteiger partial charge is 0.338 e. The number of aromatic nitrogens is 4. The number of methoxy groups -OCH3 is 1. The first-order valence-electron chi connectivity index (χ1n) is 19.9. The Morgan fingerprint density at radius 3 is 2.34 bits per heavy atom. The van der Waals surface area contributed by atoms with E-state index in [2.05, 4.69) is 24.2 Å². The number of fused-ring (bicyclic) bond motifs is 4. The van der Waals surface area contributed by atoms with Gasteiger partial charge in [0.25, 0.3) is 5.91 Å². The van der Waals surface area contributed by atoms with Crippen molar-refractivity contribution in [1.29, 1.82) is 0 Å². The molecule has 3 aromatic heterocycles. The number of rotatable bonds is 13. The first-order chi connectivity index (χ1) is 27.6. The van der Waals surface area contributed by atoms with Crippen molar-refractivity contribution < 1.29 is 23.8 Å². The van der Waals surface area contributed by atoms with Crippen LogP contribution in [0.25, 0.3) is 32.9 Å². The Morgan fingerprint density at radius 1 is 0.931 bits per heavy atom. The van der Waals surface area contributed by atoms with Crippen LogP contribution in [0.5, 0.6) is 5.75 Å². The number of benzene rings is 3. The zero-order valence-electron chi connectivity index (χ0n) is 35.0. The monoisotopic (exact) mass is 841 g/mol. The number of hydrogen-bond acceptors (Lipinski definition) is 6. The summed E-state index contributed by atoms with van der Waals surface area (Å²) in [5.41, 5.74) is 9.92. The Hall–Kier alpha value is -4.55. The largest absolute Gasteiger partial charge is 0.494 e. The van der Waals surface area contributed by atoms with Crippen LogP contribution in [-0.4, -0.2) is 65.7 Å². The first kappa shape index (κ1) is 41.6. The van der Waals surface area contributed by atoms with Crippen molar-refractivity contribution >= 4 is 70.6 Å². The minimum Gasteiger partial charge on any atom is -0.494 e. The van der Waals surface area contributed by atoms with Crippen molar-refractivity contribution in [1.82, 2.24) is 18.9 Å². The number of nitrogens with zero attached hydrogens (tertiary/aromatic N) is 5. The van der Waals surface area contributed by atoms with Gasteiger partial charge in [0.2, 0.25) is 0 Å². The summed E-state index contributed by atoms with van der Waals surface area (Å²) < 4.78 is 23.7. The van der Waals surface area contributed by atoms with Gasteiger partial charge in [0.05, 0.1) is 41.0 Å². The number of anilines is 1. The van der Waals surface area contributed by atoms with E-state index in [1.54, 1.807) is 6.07 Å². The molecule has 0 unspecified atom stereocenters. The molecule has 6 aromatic rings. The van der Waals surface area contributed by atoms with Crippen molar-refractivity contribution in [3.63, 3.8) is 0 Å². The molecule has 0 bridgehead atoms. The molecule has 1 amide bonds. The molecule has 10 nitrogen and oxygen atoms in total. The van der Waals surface area contributed by atoms with E-state index in [4.69, 9.17) is 42.5 Å². The van der Waals surface area contributed by atoms with Crippen LogP contribution in [0.1, 0.15) is 61.8 Å². The Bertz CT molecular complexity index is 2540. The minimum atomic E-state index is -1.28. The third-order valence-electron chi connectivity index (χ3n) is 11.3. The van der Waals surface area contributed by atoms with E-state index < -0.39 is 14.0 Å². The Kier molecular flexibility index (Phi) is 11.9. The van der Waals surface area contributed by atoms with Gasteiger partial charge in [-0.05, 0) is 106 Å². The summed E-state index contributed by atoms with van der Waals surface area (Å²) in [6, 6.07) is 14.6. The molecule has 0 radical (unpaired) electrons. The van der Waals surface area contributed by atoms with Crippen molar-refractivity contribution in [3.05, 3.63) is 98.0 Å². The lowest BCUT2D eigenvalue weighted by Crippen LogP contribution is -2.32. The fourth-order valence-electron chi connectivity index (χ4n) is 8.25. The molecule has 1 aliphatic rings. The van der Waals surface area contributed by atoms with Crippen LogP contribution in [0.2, 0.25) is 35.7 Å². The fraction of sp³-hybridized carbons (Fsp3) is 0.400. The molecule has 7 rings (SSSR count). The number of hydrogen-bond donors (Lipinski definition) is 0. The molecule has 4 heterocycles. The highest BCUT2D eigenvalue weighted by molar-refractivity contribution is 6.76. The summed E-state index contributed by atoms with van der Waals surface area (Å²) in [7, 11) is 2.04. The van der Waals surface area contributed by atoms with Crippen LogP contribution in [0.4, 0.5) is 5.69 Å². The predicted molar refractivity (Wildman–Crippen MR) is 237 cm³/mol. The topological polar surface area (TPSA) is 92.8 Å². The number of esters is 1. The van der Waals surface area contributed by atoms with Crippen LogP contribution in [0.3, 0.4) is 0 Å². The fourth-order valence-corrected chi connectivity index (χ4v) is 9.36. The standard InChI is InChI=1S/C45H53Cl2N5O5Si/c1-27-22-32(23-28(2)41(27)47)57-19-10-12-34-35-13-14-37(46)40(39-29(3)48-49(5)30(39)4)42(35)52-17-11-16-51(44(53)43(34)52)31-24-36(45(54)55-6)33-15-18-50(38(33)25-31)26-56-20-21-58(7,8)9/h13-15,18,22-25H,10-12,16-17,19-21,26H2,1-9H3. The molecule has 3 aromatic carbocycles. The normalized spacial score (nSPS) is 13.4. The lowest BCUT2D eigenvalue weighted by Gasteiger charge is -2.23. The molecule has 58 heavy (non-hydrogen) atoms. The van der Waals surface area contributed by atoms with Crippen molar-refractivity contribution in [2.45, 2.75) is 85.9 Å². The molecule has 306 valence electrons. The van der Waals surface area contributed by atoms with Gasteiger partial charge in [-0.1, -0.05) is 48.9 Å². The number of carbonyl (C=O) groups is 2. The second-order valence-corrected chi connectivity index (χ2v) is 23.1. The average molecular weight is 843 g/mol. The van der Waals surface area contributed by atoms with E-state index in [0.717, 1.165) is 77.8 Å². The summed E-state index contributed by atoms with van der Waals surface area (Å²) in [5, 5.41) is 7.80. The van der Waals surface area contributed by atoms with Crippen molar-refractivity contribution in [3.8, 4) is 16.9 Å². The van der Waals surface area contributed by atoms with Gasteiger partial charge >= 0.3 is 5.97 Å². The van der Waals surface area contributed by atoms with E-state index >= 15 is 4.79 Å². The van der Waals surface area contributed by atoms with E-state index in [0.29, 0.717) is 74.3 Å². The maximum Gasteiger partial charge on any atom is 0.338 e. The summed E-state index contributed by atoms with van der Waals surface area (Å²) >= 11 is 13.6. The molecule has 0 saturated heterocycles. The van der Waals surface area contributed by atoms with E-state index in [9.17, 15) is 4.79 Å². The highest BCUT2D eigenvalue weighted by Gasteiger charge is 2.33. The minimum absolute atomic E-state index is 0.144. The third kappa shape index (κ3) is 7.94. The molecule has 0 N–H and O–H groups in total. The number of halogens is 2. The van der Waals surface area contributed by atoms with Crippen LogP contribution in [0, 0.1) is 27.7 Å². The quantitative estimate of drug-likeness (QED) is 0.0653. The maximum absolute atomic E-state index is 15.3. The third-order valence-corrected chi connectivity index (χ3v) is 13.9. The highest BCUT2D eigenvalue weighted by Crippen LogP contribution is 2.43. The van der Waals surface area contributed by atoms with Crippen LogP contribution in [0.15, 0.2) is 48.7 Å². The summed E-state index contributed by atoms with van der Waals surface area (Å²) in [6.45, 7) is 17.4. The van der Waals surface area contributed by atoms with Gasteiger partial charge < -0.3 is 28.2 Å². The lowest BCUT2D eigenvalue weighted by atomic mass is 9.98. The van der Waals surface area contributed by atoms with Crippen molar-refractivity contribution in [2.75, 3.05) is 31.8 Å². The van der Waals surface area contributed by atoms with E-state index in [1.165, 1.54) is 7.11 Å². The van der Waals surface area contributed by atoms with Crippen LogP contribution >= 0.6 is 23.2 Å². The molecule has 13 heteroatoms. The zero-order valence-corrected chi connectivity index (χ0v) is 37.5. The molecular formula is C45H53Cl2N5O5Si. The molecule has 1 aliphatic heterocycles. The first-order valence-corrected chi connectivity index (χ1v) is 24.4. The Balaban J connectivity index is 1.33. The van der Waals surface area contributed by atoms with Gasteiger partial charge in [-0.3, -0.25) is 9.48 Å². The molecule has 0 fully saturated rings. The van der Waals surface area contributed by atoms with Crippen LogP contribution < -0.4 is 9.64 Å². The summed E-state index contributed by atoms with van der Waals surface area (Å²) in [5.74, 6) is 0.158.